The van der Waals surface area contributed by atoms with Crippen molar-refractivity contribution in [2.24, 2.45) is 10.7 Å². The summed E-state index contributed by atoms with van der Waals surface area (Å²) in [6.07, 6.45) is 0. The van der Waals surface area contributed by atoms with E-state index in [1.807, 2.05) is 13.0 Å². The molecule has 0 aliphatic heterocycles. The maximum absolute atomic E-state index is 5.87. The van der Waals surface area contributed by atoms with Gasteiger partial charge in [-0.2, -0.15) is 0 Å². The first-order valence-electron chi connectivity index (χ1n) is 4.59. The number of hydrogen-bond donors (Lipinski definition) is 2. The Hall–Kier alpha value is -0.930. The minimum Gasteiger partial charge on any atom is -0.386 e. The van der Waals surface area contributed by atoms with Crippen LogP contribution >= 0.6 is 23.2 Å². The lowest BCUT2D eigenvalue weighted by Gasteiger charge is -2.07. The molecular weight excluding hydrogens is 233 g/mol. The van der Waals surface area contributed by atoms with Gasteiger partial charge in [0.2, 0.25) is 0 Å². The van der Waals surface area contributed by atoms with E-state index in [1.165, 1.54) is 0 Å². The molecule has 3 N–H and O–H groups in total. The number of hydrogen-bond acceptors (Lipinski definition) is 2. The standard InChI is InChI=1S/C10H13Cl2N3/c1-2-14-8-4-3-7(12)5-9(8)15-10(13)6-11/h3-5,14H,2,6H2,1H3,(H2,13,15). The van der Waals surface area contributed by atoms with E-state index in [2.05, 4.69) is 10.3 Å². The topological polar surface area (TPSA) is 50.4 Å². The number of alkyl halides is 1. The molecule has 0 radical (unpaired) electrons. The van der Waals surface area contributed by atoms with Crippen LogP contribution < -0.4 is 11.1 Å². The van der Waals surface area contributed by atoms with Crippen molar-refractivity contribution in [3.05, 3.63) is 23.2 Å². The van der Waals surface area contributed by atoms with Crippen LogP contribution in [0.3, 0.4) is 0 Å². The Morgan fingerprint density at radius 2 is 2.27 bits per heavy atom. The molecule has 0 aromatic heterocycles. The van der Waals surface area contributed by atoms with Gasteiger partial charge in [-0.05, 0) is 25.1 Å². The number of halogens is 2. The van der Waals surface area contributed by atoms with Crippen LogP contribution in [0.2, 0.25) is 5.02 Å². The van der Waals surface area contributed by atoms with Gasteiger partial charge in [0.15, 0.2) is 0 Å². The van der Waals surface area contributed by atoms with Crippen LogP contribution in [0, 0.1) is 0 Å². The maximum atomic E-state index is 5.87. The maximum Gasteiger partial charge on any atom is 0.115 e. The van der Waals surface area contributed by atoms with Crippen molar-refractivity contribution >= 4 is 40.4 Å². The van der Waals surface area contributed by atoms with Crippen LogP contribution in [0.15, 0.2) is 23.2 Å². The fourth-order valence-corrected chi connectivity index (χ4v) is 1.35. The van der Waals surface area contributed by atoms with Crippen molar-refractivity contribution in [1.82, 2.24) is 0 Å². The third-order valence-electron chi connectivity index (χ3n) is 1.73. The summed E-state index contributed by atoms with van der Waals surface area (Å²) in [4.78, 5) is 4.17. The van der Waals surface area contributed by atoms with Gasteiger partial charge in [-0.25, -0.2) is 4.99 Å². The van der Waals surface area contributed by atoms with Crippen molar-refractivity contribution in [1.29, 1.82) is 0 Å². The van der Waals surface area contributed by atoms with E-state index >= 15 is 0 Å². The summed E-state index contributed by atoms with van der Waals surface area (Å²) in [7, 11) is 0. The molecule has 0 atom stereocenters. The van der Waals surface area contributed by atoms with Crippen molar-refractivity contribution in [3.8, 4) is 0 Å². The number of nitrogens with two attached hydrogens (primary N) is 1. The summed E-state index contributed by atoms with van der Waals surface area (Å²) in [6, 6.07) is 5.42. The Kier molecular flexibility index (Phi) is 4.72. The molecule has 82 valence electrons. The molecule has 0 amide bonds. The first-order chi connectivity index (χ1) is 7.17. The van der Waals surface area contributed by atoms with Crippen molar-refractivity contribution in [2.45, 2.75) is 6.92 Å². The fourth-order valence-electron chi connectivity index (χ4n) is 1.12. The first kappa shape index (κ1) is 12.1. The third kappa shape index (κ3) is 3.61. The van der Waals surface area contributed by atoms with Crippen LogP contribution in [-0.2, 0) is 0 Å². The highest BCUT2D eigenvalue weighted by atomic mass is 35.5. The fraction of sp³-hybridized carbons (Fsp3) is 0.300. The second kappa shape index (κ2) is 5.83. The van der Waals surface area contributed by atoms with E-state index in [0.717, 1.165) is 12.2 Å². The highest BCUT2D eigenvalue weighted by Crippen LogP contribution is 2.28. The summed E-state index contributed by atoms with van der Waals surface area (Å²) in [6.45, 7) is 2.82. The summed E-state index contributed by atoms with van der Waals surface area (Å²) < 4.78 is 0. The zero-order chi connectivity index (χ0) is 11.3. The van der Waals surface area contributed by atoms with Gasteiger partial charge in [0.1, 0.15) is 5.84 Å². The molecule has 0 aliphatic rings. The molecule has 0 spiro atoms. The predicted molar refractivity (Wildman–Crippen MR) is 67.6 cm³/mol. The lowest BCUT2D eigenvalue weighted by molar-refractivity contribution is 1.21. The van der Waals surface area contributed by atoms with Gasteiger partial charge in [0, 0.05) is 11.6 Å². The SMILES string of the molecule is CCNc1ccc(Cl)cc1N=C(N)CCl. The van der Waals surface area contributed by atoms with E-state index in [4.69, 9.17) is 28.9 Å². The molecule has 0 fully saturated rings. The quantitative estimate of drug-likeness (QED) is 0.487. The van der Waals surface area contributed by atoms with Crippen LogP contribution in [0.5, 0.6) is 0 Å². The Bertz CT molecular complexity index is 364. The Balaban J connectivity index is 3.06. The molecule has 0 heterocycles. The number of aliphatic imine (C=N–C) groups is 1. The molecule has 0 saturated heterocycles. The van der Waals surface area contributed by atoms with Gasteiger partial charge in [-0.1, -0.05) is 11.6 Å². The summed E-state index contributed by atoms with van der Waals surface area (Å²) in [5, 5.41) is 3.79. The second-order valence-corrected chi connectivity index (χ2v) is 3.63. The number of nitrogens with zero attached hydrogens (tertiary/aromatic N) is 1. The Labute approximate surface area is 99.3 Å². The number of rotatable bonds is 4. The zero-order valence-corrected chi connectivity index (χ0v) is 9.94. The number of nitrogens with one attached hydrogen (secondary N) is 1. The van der Waals surface area contributed by atoms with E-state index in [-0.39, 0.29) is 5.88 Å². The van der Waals surface area contributed by atoms with Crippen LogP contribution in [-0.4, -0.2) is 18.3 Å². The van der Waals surface area contributed by atoms with E-state index in [0.29, 0.717) is 16.5 Å². The molecule has 0 bridgehead atoms. The highest BCUT2D eigenvalue weighted by molar-refractivity contribution is 6.31. The lowest BCUT2D eigenvalue weighted by atomic mass is 10.2. The van der Waals surface area contributed by atoms with Gasteiger partial charge in [-0.3, -0.25) is 0 Å². The molecule has 1 rings (SSSR count). The normalized spacial score (nSPS) is 11.5. The number of amidine groups is 1. The van der Waals surface area contributed by atoms with Crippen LogP contribution in [0.4, 0.5) is 11.4 Å². The molecule has 0 unspecified atom stereocenters. The van der Waals surface area contributed by atoms with Crippen molar-refractivity contribution in [2.75, 3.05) is 17.7 Å². The van der Waals surface area contributed by atoms with E-state index in [9.17, 15) is 0 Å². The molecular formula is C10H13Cl2N3. The summed E-state index contributed by atoms with van der Waals surface area (Å²) in [5.74, 6) is 0.580. The number of anilines is 1. The molecule has 0 aliphatic carbocycles. The zero-order valence-electron chi connectivity index (χ0n) is 8.43. The predicted octanol–water partition coefficient (Wildman–Crippen LogP) is 3.00. The van der Waals surface area contributed by atoms with Gasteiger partial charge in [0.05, 0.1) is 17.3 Å². The monoisotopic (exact) mass is 245 g/mol. The minimum atomic E-state index is 0.206. The smallest absolute Gasteiger partial charge is 0.115 e. The molecule has 15 heavy (non-hydrogen) atoms. The Morgan fingerprint density at radius 1 is 1.53 bits per heavy atom. The van der Waals surface area contributed by atoms with E-state index < -0.39 is 0 Å². The third-order valence-corrected chi connectivity index (χ3v) is 2.24. The molecule has 1 aromatic rings. The van der Waals surface area contributed by atoms with Gasteiger partial charge < -0.3 is 11.1 Å². The first-order valence-corrected chi connectivity index (χ1v) is 5.51. The van der Waals surface area contributed by atoms with E-state index in [1.54, 1.807) is 12.1 Å². The summed E-state index contributed by atoms with van der Waals surface area (Å²) >= 11 is 11.4. The molecule has 1 aromatic carbocycles. The minimum absolute atomic E-state index is 0.206. The highest BCUT2D eigenvalue weighted by Gasteiger charge is 2.02. The van der Waals surface area contributed by atoms with Crippen molar-refractivity contribution in [3.63, 3.8) is 0 Å². The van der Waals surface area contributed by atoms with Crippen LogP contribution in [0.1, 0.15) is 6.92 Å². The molecule has 0 saturated carbocycles. The average Bonchev–Trinajstić information content (AvgIpc) is 2.22. The van der Waals surface area contributed by atoms with Gasteiger partial charge >= 0.3 is 0 Å². The van der Waals surface area contributed by atoms with Gasteiger partial charge in [0.25, 0.3) is 0 Å². The lowest BCUT2D eigenvalue weighted by Crippen LogP contribution is -2.12. The van der Waals surface area contributed by atoms with Gasteiger partial charge in [-0.15, -0.1) is 11.6 Å². The van der Waals surface area contributed by atoms with Crippen molar-refractivity contribution < 1.29 is 0 Å². The van der Waals surface area contributed by atoms with Crippen LogP contribution in [0.25, 0.3) is 0 Å². The molecule has 3 nitrogen and oxygen atoms in total. The average molecular weight is 246 g/mol. The Morgan fingerprint density at radius 3 is 2.87 bits per heavy atom. The number of benzene rings is 1. The largest absolute Gasteiger partial charge is 0.386 e. The summed E-state index contributed by atoms with van der Waals surface area (Å²) in [5.41, 5.74) is 7.18. The second-order valence-electron chi connectivity index (χ2n) is 2.93. The molecule has 5 heteroatoms.